The van der Waals surface area contributed by atoms with Gasteiger partial charge in [0.1, 0.15) is 11.5 Å². The number of carbonyl (C=O) groups is 1. The van der Waals surface area contributed by atoms with Crippen LogP contribution in [-0.4, -0.2) is 52.9 Å². The van der Waals surface area contributed by atoms with Crippen molar-refractivity contribution in [1.82, 2.24) is 10.6 Å². The number of piperidine rings is 1. The molecule has 2 saturated heterocycles. The molecule has 1 aromatic rings. The van der Waals surface area contributed by atoms with Gasteiger partial charge in [0.05, 0.1) is 20.1 Å². The van der Waals surface area contributed by atoms with Crippen molar-refractivity contribution < 1.29 is 14.3 Å². The van der Waals surface area contributed by atoms with Gasteiger partial charge in [-0.05, 0) is 31.7 Å². The molecule has 2 N–H and O–H groups in total. The van der Waals surface area contributed by atoms with Gasteiger partial charge in [0.25, 0.3) is 0 Å². The summed E-state index contributed by atoms with van der Waals surface area (Å²) in [5, 5.41) is 6.46. The number of nitrogens with zero attached hydrogens (tertiary/aromatic N) is 1. The van der Waals surface area contributed by atoms with E-state index in [0.29, 0.717) is 5.92 Å². The van der Waals surface area contributed by atoms with Gasteiger partial charge in [0.2, 0.25) is 5.91 Å². The second-order valence-corrected chi connectivity index (χ2v) is 6.96. The largest absolute Gasteiger partial charge is 0.497 e. The van der Waals surface area contributed by atoms with E-state index < -0.39 is 0 Å². The summed E-state index contributed by atoms with van der Waals surface area (Å²) in [4.78, 5) is 14.6. The Morgan fingerprint density at radius 3 is 2.48 bits per heavy atom. The quantitative estimate of drug-likeness (QED) is 0.741. The number of hydrogen-bond donors (Lipinski definition) is 2. The molecule has 3 rings (SSSR count). The molecule has 1 amide bonds. The van der Waals surface area contributed by atoms with E-state index in [0.717, 1.165) is 69.2 Å². The summed E-state index contributed by atoms with van der Waals surface area (Å²) in [7, 11) is 3.34. The van der Waals surface area contributed by atoms with E-state index in [9.17, 15) is 4.79 Å². The van der Waals surface area contributed by atoms with Gasteiger partial charge in [0, 0.05) is 50.1 Å². The lowest BCUT2D eigenvalue weighted by atomic mass is 9.98. The number of anilines is 1. The van der Waals surface area contributed by atoms with Crippen LogP contribution in [0.1, 0.15) is 19.3 Å². The van der Waals surface area contributed by atoms with Crippen molar-refractivity contribution in [3.05, 3.63) is 18.2 Å². The number of methoxy groups -OCH3 is 2. The number of amides is 1. The van der Waals surface area contributed by atoms with E-state index in [-0.39, 0.29) is 36.6 Å². The van der Waals surface area contributed by atoms with Gasteiger partial charge in [-0.25, -0.2) is 0 Å². The maximum atomic E-state index is 12.3. The molecule has 2 atom stereocenters. The Balaban J connectivity index is 0.00000182. The van der Waals surface area contributed by atoms with Crippen molar-refractivity contribution in [3.63, 3.8) is 0 Å². The van der Waals surface area contributed by atoms with Gasteiger partial charge in [-0.2, -0.15) is 0 Å². The molecule has 2 aliphatic rings. The van der Waals surface area contributed by atoms with Crippen molar-refractivity contribution >= 4 is 36.4 Å². The third kappa shape index (κ3) is 6.33. The Hall–Kier alpha value is -1.37. The molecule has 0 bridgehead atoms. The molecule has 6 nitrogen and oxygen atoms in total. The molecule has 0 aromatic heterocycles. The molecule has 27 heavy (non-hydrogen) atoms. The van der Waals surface area contributed by atoms with E-state index in [2.05, 4.69) is 15.5 Å². The highest BCUT2D eigenvalue weighted by Crippen LogP contribution is 2.31. The van der Waals surface area contributed by atoms with Crippen LogP contribution in [0.25, 0.3) is 0 Å². The second-order valence-electron chi connectivity index (χ2n) is 6.96. The number of benzene rings is 1. The molecular weight excluding hydrogens is 389 g/mol. The van der Waals surface area contributed by atoms with E-state index in [4.69, 9.17) is 9.47 Å². The molecule has 154 valence electrons. The zero-order valence-corrected chi connectivity index (χ0v) is 17.7. The van der Waals surface area contributed by atoms with Crippen LogP contribution in [-0.2, 0) is 4.79 Å². The van der Waals surface area contributed by atoms with Gasteiger partial charge < -0.3 is 25.0 Å². The minimum atomic E-state index is 0. The smallest absolute Gasteiger partial charge is 0.224 e. The summed E-state index contributed by atoms with van der Waals surface area (Å²) in [6, 6.07) is 5.96. The summed E-state index contributed by atoms with van der Waals surface area (Å²) in [5.41, 5.74) is 1.11. The van der Waals surface area contributed by atoms with Gasteiger partial charge in [-0.1, -0.05) is 0 Å². The first-order valence-electron chi connectivity index (χ1n) is 9.16. The average molecular weight is 420 g/mol. The normalized spacial score (nSPS) is 21.6. The van der Waals surface area contributed by atoms with Crippen molar-refractivity contribution in [2.75, 3.05) is 51.8 Å². The fraction of sp³-hybridized carbons (Fsp3) is 0.632. The van der Waals surface area contributed by atoms with Crippen LogP contribution < -0.4 is 25.0 Å². The fourth-order valence-electron chi connectivity index (χ4n) is 3.67. The van der Waals surface area contributed by atoms with Crippen molar-refractivity contribution in [1.29, 1.82) is 0 Å². The zero-order chi connectivity index (χ0) is 17.6. The van der Waals surface area contributed by atoms with Crippen molar-refractivity contribution in [2.45, 2.75) is 19.3 Å². The van der Waals surface area contributed by atoms with E-state index >= 15 is 0 Å². The standard InChI is InChI=1S/C19H29N3O3.2ClH/c1-24-17-8-16(9-18(10-17)25-2)22-7-5-14(13-22)11-21-19(23)15-4-3-6-20-12-15;;/h8-10,14-15,20H,3-7,11-13H2,1-2H3,(H,21,23);2*1H. The lowest BCUT2D eigenvalue weighted by Crippen LogP contribution is -2.42. The molecule has 2 heterocycles. The highest BCUT2D eigenvalue weighted by atomic mass is 35.5. The molecule has 2 aliphatic heterocycles. The van der Waals surface area contributed by atoms with Crippen LogP contribution >= 0.6 is 24.8 Å². The first-order chi connectivity index (χ1) is 12.2. The van der Waals surface area contributed by atoms with Crippen LogP contribution in [0.2, 0.25) is 0 Å². The lowest BCUT2D eigenvalue weighted by Gasteiger charge is -2.23. The molecule has 2 unspecified atom stereocenters. The highest BCUT2D eigenvalue weighted by molar-refractivity contribution is 5.85. The fourth-order valence-corrected chi connectivity index (χ4v) is 3.67. The summed E-state index contributed by atoms with van der Waals surface area (Å²) >= 11 is 0. The van der Waals surface area contributed by atoms with Crippen molar-refractivity contribution in [2.24, 2.45) is 11.8 Å². The zero-order valence-electron chi connectivity index (χ0n) is 16.0. The maximum absolute atomic E-state index is 12.3. The number of rotatable bonds is 6. The number of halogens is 2. The SMILES string of the molecule is COc1cc(OC)cc(N2CCC(CNC(=O)C3CCCNC3)C2)c1.Cl.Cl. The van der Waals surface area contributed by atoms with E-state index in [1.165, 1.54) is 0 Å². The first-order valence-corrected chi connectivity index (χ1v) is 9.16. The van der Waals surface area contributed by atoms with Gasteiger partial charge in [-0.15, -0.1) is 24.8 Å². The highest BCUT2D eigenvalue weighted by Gasteiger charge is 2.26. The summed E-state index contributed by atoms with van der Waals surface area (Å²) < 4.78 is 10.7. The topological polar surface area (TPSA) is 62.8 Å². The molecular formula is C19H31Cl2N3O3. The predicted molar refractivity (Wildman–Crippen MR) is 113 cm³/mol. The number of ether oxygens (including phenoxy) is 2. The van der Waals surface area contributed by atoms with Gasteiger partial charge in [-0.3, -0.25) is 4.79 Å². The summed E-state index contributed by atoms with van der Waals surface area (Å²) in [5.74, 6) is 2.42. The van der Waals surface area contributed by atoms with Crippen LogP contribution in [0.4, 0.5) is 5.69 Å². The Labute approximate surface area is 174 Å². The van der Waals surface area contributed by atoms with E-state index in [1.54, 1.807) is 14.2 Å². The molecule has 2 fully saturated rings. The Morgan fingerprint density at radius 1 is 1.19 bits per heavy atom. The third-order valence-electron chi connectivity index (χ3n) is 5.22. The van der Waals surface area contributed by atoms with Crippen LogP contribution in [0.15, 0.2) is 18.2 Å². The van der Waals surface area contributed by atoms with Crippen LogP contribution in [0.5, 0.6) is 11.5 Å². The maximum Gasteiger partial charge on any atom is 0.224 e. The molecule has 0 saturated carbocycles. The summed E-state index contributed by atoms with van der Waals surface area (Å²) in [6.45, 7) is 4.53. The van der Waals surface area contributed by atoms with E-state index in [1.807, 2.05) is 18.2 Å². The monoisotopic (exact) mass is 419 g/mol. The molecule has 0 spiro atoms. The predicted octanol–water partition coefficient (Wildman–Crippen LogP) is 2.49. The Bertz CT molecular complexity index is 575. The van der Waals surface area contributed by atoms with Crippen LogP contribution in [0, 0.1) is 11.8 Å². The van der Waals surface area contributed by atoms with Crippen LogP contribution in [0.3, 0.4) is 0 Å². The average Bonchev–Trinajstić information content (AvgIpc) is 3.15. The minimum absolute atomic E-state index is 0. The van der Waals surface area contributed by atoms with Gasteiger partial charge in [0.15, 0.2) is 0 Å². The molecule has 8 heteroatoms. The molecule has 0 aliphatic carbocycles. The van der Waals surface area contributed by atoms with Crippen molar-refractivity contribution in [3.8, 4) is 11.5 Å². The Kier molecular flexibility index (Phi) is 10.1. The second kappa shape index (κ2) is 11.5. The number of nitrogens with one attached hydrogen (secondary N) is 2. The third-order valence-corrected chi connectivity index (χ3v) is 5.22. The number of carbonyl (C=O) groups excluding carboxylic acids is 1. The number of hydrogen-bond acceptors (Lipinski definition) is 5. The first kappa shape index (κ1) is 23.7. The lowest BCUT2D eigenvalue weighted by molar-refractivity contribution is -0.125. The molecule has 0 radical (unpaired) electrons. The molecule has 1 aromatic carbocycles. The van der Waals surface area contributed by atoms with Gasteiger partial charge >= 0.3 is 0 Å². The summed E-state index contributed by atoms with van der Waals surface area (Å²) in [6.07, 6.45) is 3.18. The minimum Gasteiger partial charge on any atom is -0.497 e. The Morgan fingerprint density at radius 2 is 1.89 bits per heavy atom.